The first-order chi connectivity index (χ1) is 9.50. The first-order valence-corrected chi connectivity index (χ1v) is 7.62. The number of nitrogens with one attached hydrogen (secondary N) is 1. The summed E-state index contributed by atoms with van der Waals surface area (Å²) in [4.78, 5) is 0. The molecule has 0 amide bonds. The molecule has 0 radical (unpaired) electrons. The number of ether oxygens (including phenoxy) is 1. The molecule has 3 N–H and O–H groups in total. The molecule has 1 aromatic carbocycles. The molecule has 0 aliphatic carbocycles. The van der Waals surface area contributed by atoms with Crippen molar-refractivity contribution in [2.75, 3.05) is 11.9 Å². The van der Waals surface area contributed by atoms with Gasteiger partial charge in [-0.15, -0.1) is 0 Å². The van der Waals surface area contributed by atoms with E-state index in [1.165, 1.54) is 6.07 Å². The first kappa shape index (κ1) is 14.4. The summed E-state index contributed by atoms with van der Waals surface area (Å²) in [6.45, 7) is 2.80. The summed E-state index contributed by atoms with van der Waals surface area (Å²) in [5, 5.41) is 7.86. The molecule has 0 aliphatic rings. The fourth-order valence-corrected chi connectivity index (χ4v) is 2.16. The van der Waals surface area contributed by atoms with Gasteiger partial charge in [0, 0.05) is 0 Å². The van der Waals surface area contributed by atoms with E-state index in [0.717, 1.165) is 11.4 Å². The van der Waals surface area contributed by atoms with Crippen molar-refractivity contribution in [3.05, 3.63) is 42.2 Å². The van der Waals surface area contributed by atoms with Crippen molar-refractivity contribution in [1.82, 2.24) is 0 Å². The predicted octanol–water partition coefficient (Wildman–Crippen LogP) is 1.94. The minimum absolute atomic E-state index is 0.243. The van der Waals surface area contributed by atoms with Gasteiger partial charge in [0.25, 0.3) is 10.0 Å². The van der Waals surface area contributed by atoms with Crippen LogP contribution in [0.5, 0.6) is 5.75 Å². The minimum atomic E-state index is -3.80. The van der Waals surface area contributed by atoms with E-state index < -0.39 is 10.0 Å². The van der Waals surface area contributed by atoms with Gasteiger partial charge in [0.05, 0.1) is 18.8 Å². The predicted molar refractivity (Wildman–Crippen MR) is 75.0 cm³/mol. The summed E-state index contributed by atoms with van der Waals surface area (Å²) in [5.74, 6) is 1.20. The summed E-state index contributed by atoms with van der Waals surface area (Å²) in [5.41, 5.74) is 0.808. The Hall–Kier alpha value is -1.99. The highest BCUT2D eigenvalue weighted by atomic mass is 32.2. The zero-order chi connectivity index (χ0) is 14.6. The second-order valence-corrected chi connectivity index (χ2v) is 5.54. The van der Waals surface area contributed by atoms with Crippen LogP contribution >= 0.6 is 0 Å². The second kappa shape index (κ2) is 5.98. The number of anilines is 1. The summed E-state index contributed by atoms with van der Waals surface area (Å²) >= 11 is 0. The Kier molecular flexibility index (Phi) is 4.31. The van der Waals surface area contributed by atoms with Crippen molar-refractivity contribution in [3.63, 3.8) is 0 Å². The van der Waals surface area contributed by atoms with Gasteiger partial charge in [-0.3, -0.25) is 0 Å². The van der Waals surface area contributed by atoms with E-state index in [1.807, 2.05) is 31.2 Å². The summed E-state index contributed by atoms with van der Waals surface area (Å²) < 4.78 is 32.8. The highest BCUT2D eigenvalue weighted by molar-refractivity contribution is 7.89. The lowest BCUT2D eigenvalue weighted by atomic mass is 10.3. The number of primary sulfonamides is 1. The third-order valence-electron chi connectivity index (χ3n) is 2.56. The van der Waals surface area contributed by atoms with Crippen LogP contribution in [0.1, 0.15) is 12.7 Å². The van der Waals surface area contributed by atoms with E-state index in [0.29, 0.717) is 18.9 Å². The molecular weight excluding hydrogens is 280 g/mol. The largest absolute Gasteiger partial charge is 0.492 e. The number of para-hydroxylation sites is 2. The Balaban J connectivity index is 2.07. The number of rotatable bonds is 6. The molecule has 0 aliphatic heterocycles. The van der Waals surface area contributed by atoms with E-state index in [4.69, 9.17) is 14.3 Å². The molecule has 20 heavy (non-hydrogen) atoms. The average Bonchev–Trinajstić information content (AvgIpc) is 2.87. The van der Waals surface area contributed by atoms with Gasteiger partial charge in [-0.1, -0.05) is 12.1 Å². The molecule has 2 rings (SSSR count). The van der Waals surface area contributed by atoms with Crippen LogP contribution in [0, 0.1) is 0 Å². The maximum Gasteiger partial charge on any atom is 0.271 e. The molecule has 2 aromatic rings. The van der Waals surface area contributed by atoms with Crippen molar-refractivity contribution < 1.29 is 17.6 Å². The van der Waals surface area contributed by atoms with E-state index in [2.05, 4.69) is 5.32 Å². The van der Waals surface area contributed by atoms with Crippen LogP contribution in [-0.2, 0) is 16.6 Å². The van der Waals surface area contributed by atoms with Crippen LogP contribution < -0.4 is 15.2 Å². The van der Waals surface area contributed by atoms with Crippen molar-refractivity contribution in [1.29, 1.82) is 0 Å². The first-order valence-electron chi connectivity index (χ1n) is 6.08. The Morgan fingerprint density at radius 2 is 2.00 bits per heavy atom. The number of sulfonamides is 1. The molecule has 0 atom stereocenters. The van der Waals surface area contributed by atoms with Crippen molar-refractivity contribution in [2.45, 2.75) is 18.6 Å². The van der Waals surface area contributed by atoms with E-state index in [-0.39, 0.29) is 5.09 Å². The fourth-order valence-electron chi connectivity index (χ4n) is 1.68. The Morgan fingerprint density at radius 1 is 1.25 bits per heavy atom. The van der Waals surface area contributed by atoms with Crippen LogP contribution in [0.4, 0.5) is 5.69 Å². The Labute approximate surface area is 117 Å². The summed E-state index contributed by atoms with van der Waals surface area (Å²) in [6.07, 6.45) is 0. The van der Waals surface area contributed by atoms with Crippen molar-refractivity contribution >= 4 is 15.7 Å². The molecular formula is C13H16N2O4S. The second-order valence-electron chi connectivity index (χ2n) is 4.05. The molecule has 1 heterocycles. The Morgan fingerprint density at radius 3 is 2.65 bits per heavy atom. The molecule has 0 unspecified atom stereocenters. The zero-order valence-electron chi connectivity index (χ0n) is 11.0. The molecule has 108 valence electrons. The number of furan rings is 1. The molecule has 0 bridgehead atoms. The van der Waals surface area contributed by atoms with Crippen molar-refractivity contribution in [2.24, 2.45) is 5.14 Å². The molecule has 0 saturated carbocycles. The van der Waals surface area contributed by atoms with Crippen molar-refractivity contribution in [3.8, 4) is 5.75 Å². The quantitative estimate of drug-likeness (QED) is 0.849. The molecule has 0 spiro atoms. The van der Waals surface area contributed by atoms with Gasteiger partial charge >= 0.3 is 0 Å². The third kappa shape index (κ3) is 3.52. The fraction of sp³-hybridized carbons (Fsp3) is 0.231. The molecule has 7 heteroatoms. The van der Waals surface area contributed by atoms with Gasteiger partial charge in [0.2, 0.25) is 5.09 Å². The van der Waals surface area contributed by atoms with Gasteiger partial charge in [0.1, 0.15) is 11.5 Å². The standard InChI is InChI=1S/C13H16N2O4S/c1-2-18-12-6-4-3-5-11(12)15-9-10-7-8-13(19-10)20(14,16)17/h3-8,15H,2,9H2,1H3,(H2,14,16,17). The van der Waals surface area contributed by atoms with E-state index >= 15 is 0 Å². The lowest BCUT2D eigenvalue weighted by Crippen LogP contribution is -2.10. The molecule has 1 aromatic heterocycles. The Bertz CT molecular complexity index is 679. The molecule has 6 nitrogen and oxygen atoms in total. The summed E-state index contributed by atoms with van der Waals surface area (Å²) in [7, 11) is -3.80. The molecule has 0 saturated heterocycles. The number of benzene rings is 1. The highest BCUT2D eigenvalue weighted by Gasteiger charge is 2.13. The molecule has 0 fully saturated rings. The highest BCUT2D eigenvalue weighted by Crippen LogP contribution is 2.24. The van der Waals surface area contributed by atoms with Gasteiger partial charge in [-0.2, -0.15) is 0 Å². The maximum atomic E-state index is 11.1. The lowest BCUT2D eigenvalue weighted by molar-refractivity contribution is 0.341. The number of hydrogen-bond acceptors (Lipinski definition) is 5. The topological polar surface area (TPSA) is 94.6 Å². The van der Waals surface area contributed by atoms with Gasteiger partial charge in [-0.05, 0) is 31.2 Å². The minimum Gasteiger partial charge on any atom is -0.492 e. The average molecular weight is 296 g/mol. The number of hydrogen-bond donors (Lipinski definition) is 2. The third-order valence-corrected chi connectivity index (χ3v) is 3.34. The van der Waals surface area contributed by atoms with Crippen LogP contribution in [-0.4, -0.2) is 15.0 Å². The van der Waals surface area contributed by atoms with Gasteiger partial charge < -0.3 is 14.5 Å². The van der Waals surface area contributed by atoms with Crippen LogP contribution in [0.2, 0.25) is 0 Å². The van der Waals surface area contributed by atoms with E-state index in [1.54, 1.807) is 6.07 Å². The summed E-state index contributed by atoms with van der Waals surface area (Å²) in [6, 6.07) is 10.4. The smallest absolute Gasteiger partial charge is 0.271 e. The van der Waals surface area contributed by atoms with Crippen LogP contribution in [0.25, 0.3) is 0 Å². The lowest BCUT2D eigenvalue weighted by Gasteiger charge is -2.11. The van der Waals surface area contributed by atoms with Gasteiger partial charge in [-0.25, -0.2) is 13.6 Å². The van der Waals surface area contributed by atoms with E-state index in [9.17, 15) is 8.42 Å². The van der Waals surface area contributed by atoms with Gasteiger partial charge in [0.15, 0.2) is 0 Å². The van der Waals surface area contributed by atoms with Crippen LogP contribution in [0.3, 0.4) is 0 Å². The SMILES string of the molecule is CCOc1ccccc1NCc1ccc(S(N)(=O)=O)o1. The zero-order valence-corrected chi connectivity index (χ0v) is 11.8. The monoisotopic (exact) mass is 296 g/mol. The number of nitrogens with two attached hydrogens (primary N) is 1. The normalized spacial score (nSPS) is 11.3. The maximum absolute atomic E-state index is 11.1. The van der Waals surface area contributed by atoms with Crippen LogP contribution in [0.15, 0.2) is 45.9 Å².